The Morgan fingerprint density at radius 3 is 2.61 bits per heavy atom. The van der Waals surface area contributed by atoms with Crippen molar-refractivity contribution in [1.29, 1.82) is 0 Å². The topological polar surface area (TPSA) is 81.4 Å². The molecule has 5 nitrogen and oxygen atoms in total. The highest BCUT2D eigenvalue weighted by Gasteiger charge is 2.14. The van der Waals surface area contributed by atoms with E-state index in [-0.39, 0.29) is 12.5 Å². The van der Waals surface area contributed by atoms with Gasteiger partial charge >= 0.3 is 5.97 Å². The normalized spacial score (nSPS) is 11.7. The third-order valence-electron chi connectivity index (χ3n) is 2.51. The molecule has 0 spiro atoms. The number of aryl methyl sites for hydroxylation is 1. The van der Waals surface area contributed by atoms with E-state index in [0.717, 1.165) is 5.56 Å². The van der Waals surface area contributed by atoms with Crippen LogP contribution in [0, 0.1) is 0 Å². The quantitative estimate of drug-likeness (QED) is 0.708. The molecule has 0 saturated carbocycles. The van der Waals surface area contributed by atoms with Crippen molar-refractivity contribution < 1.29 is 14.3 Å². The molecule has 1 aromatic carbocycles. The molecular weight excluding hydrogens is 232 g/mol. The van der Waals surface area contributed by atoms with Crippen molar-refractivity contribution in [3.05, 3.63) is 35.9 Å². The van der Waals surface area contributed by atoms with Crippen molar-refractivity contribution in [2.75, 3.05) is 13.7 Å². The minimum atomic E-state index is -0.810. The van der Waals surface area contributed by atoms with Crippen LogP contribution in [0.3, 0.4) is 0 Å². The zero-order valence-electron chi connectivity index (χ0n) is 10.4. The fourth-order valence-corrected chi connectivity index (χ4v) is 1.45. The van der Waals surface area contributed by atoms with E-state index in [0.29, 0.717) is 12.8 Å². The molecule has 18 heavy (non-hydrogen) atoms. The summed E-state index contributed by atoms with van der Waals surface area (Å²) in [5.74, 6) is -0.656. The van der Waals surface area contributed by atoms with Gasteiger partial charge in [0.1, 0.15) is 6.04 Å². The maximum absolute atomic E-state index is 11.5. The molecule has 1 atom stereocenters. The number of nitrogens with two attached hydrogens (primary N) is 1. The molecule has 98 valence electrons. The Morgan fingerprint density at radius 2 is 2.00 bits per heavy atom. The summed E-state index contributed by atoms with van der Waals surface area (Å²) in [6.45, 7) is 0.0975. The van der Waals surface area contributed by atoms with E-state index in [4.69, 9.17) is 5.73 Å². The molecule has 3 N–H and O–H groups in total. The summed E-state index contributed by atoms with van der Waals surface area (Å²) in [4.78, 5) is 22.5. The Hall–Kier alpha value is -1.88. The highest BCUT2D eigenvalue weighted by molar-refractivity contribution is 5.79. The first-order valence-corrected chi connectivity index (χ1v) is 5.77. The van der Waals surface area contributed by atoms with Crippen LogP contribution in [0.15, 0.2) is 30.3 Å². The lowest BCUT2D eigenvalue weighted by atomic mass is 10.1. The summed E-state index contributed by atoms with van der Waals surface area (Å²) in [5, 5.41) is 2.60. The van der Waals surface area contributed by atoms with Gasteiger partial charge in [-0.05, 0) is 12.0 Å². The first kappa shape index (κ1) is 14.2. The van der Waals surface area contributed by atoms with Gasteiger partial charge < -0.3 is 15.8 Å². The molecule has 0 unspecified atom stereocenters. The fraction of sp³-hybridized carbons (Fsp3) is 0.385. The number of methoxy groups -OCH3 is 1. The molecule has 5 heteroatoms. The molecule has 0 aliphatic rings. The Bertz CT molecular complexity index is 392. The summed E-state index contributed by atoms with van der Waals surface area (Å²) in [6, 6.07) is 8.91. The van der Waals surface area contributed by atoms with Crippen molar-refractivity contribution in [3.63, 3.8) is 0 Å². The Kier molecular flexibility index (Phi) is 5.87. The maximum atomic E-state index is 11.5. The summed E-state index contributed by atoms with van der Waals surface area (Å²) < 4.78 is 4.46. The molecule has 0 aliphatic carbocycles. The average molecular weight is 250 g/mol. The Morgan fingerprint density at radius 1 is 1.33 bits per heavy atom. The van der Waals surface area contributed by atoms with Gasteiger partial charge in [0.05, 0.1) is 7.11 Å². The molecular formula is C13H18N2O3. The predicted octanol–water partition coefficient (Wildman–Crippen LogP) is 0.236. The van der Waals surface area contributed by atoms with Gasteiger partial charge in [0.25, 0.3) is 0 Å². The highest BCUT2D eigenvalue weighted by atomic mass is 16.5. The average Bonchev–Trinajstić information content (AvgIpc) is 2.42. The monoisotopic (exact) mass is 250 g/mol. The first-order chi connectivity index (χ1) is 8.63. The molecule has 1 rings (SSSR count). The van der Waals surface area contributed by atoms with E-state index in [1.165, 1.54) is 7.11 Å². The number of esters is 1. The molecule has 0 heterocycles. The number of nitrogens with one attached hydrogen (secondary N) is 1. The predicted molar refractivity (Wildman–Crippen MR) is 67.8 cm³/mol. The lowest BCUT2D eigenvalue weighted by Gasteiger charge is -2.10. The van der Waals surface area contributed by atoms with E-state index < -0.39 is 12.0 Å². The number of hydrogen-bond donors (Lipinski definition) is 2. The number of rotatable bonds is 6. The lowest BCUT2D eigenvalue weighted by molar-refractivity contribution is -0.142. The van der Waals surface area contributed by atoms with Gasteiger partial charge in [0, 0.05) is 13.0 Å². The summed E-state index contributed by atoms with van der Waals surface area (Å²) in [5.41, 5.74) is 6.60. The zero-order valence-corrected chi connectivity index (χ0v) is 10.4. The van der Waals surface area contributed by atoms with Gasteiger partial charge in [-0.25, -0.2) is 0 Å². The molecule has 0 fully saturated rings. The number of ether oxygens (including phenoxy) is 1. The second-order valence-corrected chi connectivity index (χ2v) is 3.92. The van der Waals surface area contributed by atoms with Crippen LogP contribution in [-0.4, -0.2) is 31.6 Å². The van der Waals surface area contributed by atoms with Crippen molar-refractivity contribution in [1.82, 2.24) is 5.32 Å². The highest BCUT2D eigenvalue weighted by Crippen LogP contribution is 2.01. The van der Waals surface area contributed by atoms with Crippen molar-refractivity contribution >= 4 is 11.9 Å². The molecule has 1 amide bonds. The van der Waals surface area contributed by atoms with Gasteiger partial charge in [-0.2, -0.15) is 0 Å². The zero-order chi connectivity index (χ0) is 13.4. The van der Waals surface area contributed by atoms with Crippen molar-refractivity contribution in [2.24, 2.45) is 5.73 Å². The second-order valence-electron chi connectivity index (χ2n) is 3.92. The van der Waals surface area contributed by atoms with Crippen LogP contribution in [0.4, 0.5) is 0 Å². The van der Waals surface area contributed by atoms with Crippen molar-refractivity contribution in [2.45, 2.75) is 18.9 Å². The van der Waals surface area contributed by atoms with Gasteiger partial charge in [-0.15, -0.1) is 0 Å². The van der Waals surface area contributed by atoms with E-state index >= 15 is 0 Å². The molecule has 0 saturated heterocycles. The Balaban J connectivity index is 2.24. The van der Waals surface area contributed by atoms with Gasteiger partial charge in [0.15, 0.2) is 0 Å². The van der Waals surface area contributed by atoms with Gasteiger partial charge in [-0.1, -0.05) is 30.3 Å². The second kappa shape index (κ2) is 7.45. The minimum absolute atomic E-state index is 0.0975. The SMILES string of the molecule is COC(=O)[C@@H](N)CNC(=O)CCc1ccccc1. The van der Waals surface area contributed by atoms with Crippen LogP contribution in [-0.2, 0) is 20.7 Å². The van der Waals surface area contributed by atoms with E-state index in [1.807, 2.05) is 30.3 Å². The molecule has 0 bridgehead atoms. The molecule has 0 aromatic heterocycles. The Labute approximate surface area is 106 Å². The largest absolute Gasteiger partial charge is 0.468 e. The first-order valence-electron chi connectivity index (χ1n) is 5.77. The van der Waals surface area contributed by atoms with Gasteiger partial charge in [-0.3, -0.25) is 9.59 Å². The smallest absolute Gasteiger partial charge is 0.324 e. The van der Waals surface area contributed by atoms with Crippen LogP contribution >= 0.6 is 0 Å². The number of amides is 1. The number of benzene rings is 1. The number of hydrogen-bond acceptors (Lipinski definition) is 4. The van der Waals surface area contributed by atoms with Crippen LogP contribution in [0.25, 0.3) is 0 Å². The summed E-state index contributed by atoms with van der Waals surface area (Å²) >= 11 is 0. The molecule has 1 aromatic rings. The summed E-state index contributed by atoms with van der Waals surface area (Å²) in [7, 11) is 1.26. The number of carbonyl (C=O) groups is 2. The van der Waals surface area contributed by atoms with Crippen LogP contribution < -0.4 is 11.1 Å². The van der Waals surface area contributed by atoms with E-state index in [1.54, 1.807) is 0 Å². The standard InChI is InChI=1S/C13H18N2O3/c1-18-13(17)11(14)9-15-12(16)8-7-10-5-3-2-4-6-10/h2-6,11H,7-9,14H2,1H3,(H,15,16)/t11-/m0/s1. The van der Waals surface area contributed by atoms with Crippen LogP contribution in [0.2, 0.25) is 0 Å². The third kappa shape index (κ3) is 4.97. The van der Waals surface area contributed by atoms with Crippen molar-refractivity contribution in [3.8, 4) is 0 Å². The fourth-order valence-electron chi connectivity index (χ4n) is 1.45. The lowest BCUT2D eigenvalue weighted by Crippen LogP contribution is -2.43. The minimum Gasteiger partial charge on any atom is -0.468 e. The maximum Gasteiger partial charge on any atom is 0.324 e. The van der Waals surface area contributed by atoms with Gasteiger partial charge in [0.2, 0.25) is 5.91 Å². The van der Waals surface area contributed by atoms with Crippen LogP contribution in [0.5, 0.6) is 0 Å². The van der Waals surface area contributed by atoms with Crippen LogP contribution in [0.1, 0.15) is 12.0 Å². The van der Waals surface area contributed by atoms with E-state index in [9.17, 15) is 9.59 Å². The number of carbonyl (C=O) groups excluding carboxylic acids is 2. The summed E-state index contributed by atoms with van der Waals surface area (Å²) in [6.07, 6.45) is 1.04. The van der Waals surface area contributed by atoms with E-state index in [2.05, 4.69) is 10.1 Å². The third-order valence-corrected chi connectivity index (χ3v) is 2.51. The molecule has 0 radical (unpaired) electrons. The molecule has 0 aliphatic heterocycles.